The predicted molar refractivity (Wildman–Crippen MR) is 78.3 cm³/mol. The van der Waals surface area contributed by atoms with Gasteiger partial charge in [0.05, 0.1) is 33.0 Å². The van der Waals surface area contributed by atoms with Crippen molar-refractivity contribution in [3.8, 4) is 0 Å². The molecule has 0 aliphatic heterocycles. The SMILES string of the molecule is CCCCOCCOCCOCCSCC(C)N. The monoisotopic (exact) mass is 279 g/mol. The van der Waals surface area contributed by atoms with Crippen molar-refractivity contribution in [1.82, 2.24) is 0 Å². The topological polar surface area (TPSA) is 53.7 Å². The highest BCUT2D eigenvalue weighted by molar-refractivity contribution is 7.99. The van der Waals surface area contributed by atoms with Gasteiger partial charge in [-0.15, -0.1) is 0 Å². The van der Waals surface area contributed by atoms with E-state index in [4.69, 9.17) is 19.9 Å². The third-order valence-corrected chi connectivity index (χ3v) is 3.36. The van der Waals surface area contributed by atoms with Crippen LogP contribution in [0, 0.1) is 0 Å². The van der Waals surface area contributed by atoms with Crippen LogP contribution >= 0.6 is 11.8 Å². The van der Waals surface area contributed by atoms with Crippen LogP contribution in [0.1, 0.15) is 26.7 Å². The minimum Gasteiger partial charge on any atom is -0.379 e. The van der Waals surface area contributed by atoms with Crippen molar-refractivity contribution < 1.29 is 14.2 Å². The second-order valence-corrected chi connectivity index (χ2v) is 5.39. The molecule has 0 spiro atoms. The summed E-state index contributed by atoms with van der Waals surface area (Å²) in [6.07, 6.45) is 2.30. The van der Waals surface area contributed by atoms with Gasteiger partial charge in [0.15, 0.2) is 0 Å². The van der Waals surface area contributed by atoms with Crippen LogP contribution in [0.25, 0.3) is 0 Å². The second kappa shape index (κ2) is 15.2. The van der Waals surface area contributed by atoms with Gasteiger partial charge < -0.3 is 19.9 Å². The Kier molecular flexibility index (Phi) is 15.4. The fourth-order valence-electron chi connectivity index (χ4n) is 1.18. The average molecular weight is 279 g/mol. The Balaban J connectivity index is 2.90. The number of unbranched alkanes of at least 4 members (excludes halogenated alkanes) is 1. The number of thioether (sulfide) groups is 1. The lowest BCUT2D eigenvalue weighted by molar-refractivity contribution is 0.0169. The molecule has 1 atom stereocenters. The molecule has 0 aromatic carbocycles. The van der Waals surface area contributed by atoms with E-state index in [1.54, 1.807) is 0 Å². The molecule has 0 fully saturated rings. The summed E-state index contributed by atoms with van der Waals surface area (Å²) >= 11 is 1.83. The second-order valence-electron chi connectivity index (χ2n) is 4.24. The summed E-state index contributed by atoms with van der Waals surface area (Å²) in [6, 6.07) is 0.269. The Labute approximate surface area is 116 Å². The summed E-state index contributed by atoms with van der Waals surface area (Å²) in [5.41, 5.74) is 5.64. The van der Waals surface area contributed by atoms with Crippen molar-refractivity contribution in [3.63, 3.8) is 0 Å². The van der Waals surface area contributed by atoms with Crippen molar-refractivity contribution in [2.24, 2.45) is 5.73 Å². The Morgan fingerprint density at radius 1 is 0.944 bits per heavy atom. The third-order valence-electron chi connectivity index (χ3n) is 2.14. The molecule has 4 nitrogen and oxygen atoms in total. The van der Waals surface area contributed by atoms with E-state index >= 15 is 0 Å². The molecule has 0 aromatic heterocycles. The smallest absolute Gasteiger partial charge is 0.0701 e. The highest BCUT2D eigenvalue weighted by Crippen LogP contribution is 2.00. The van der Waals surface area contributed by atoms with E-state index in [1.807, 2.05) is 18.7 Å². The maximum Gasteiger partial charge on any atom is 0.0701 e. The van der Waals surface area contributed by atoms with Crippen LogP contribution in [-0.2, 0) is 14.2 Å². The first kappa shape index (κ1) is 18.2. The third kappa shape index (κ3) is 16.2. The molecule has 0 aromatic rings. The minimum atomic E-state index is 0.269. The van der Waals surface area contributed by atoms with Crippen LogP contribution in [0.15, 0.2) is 0 Å². The Morgan fingerprint density at radius 2 is 1.50 bits per heavy atom. The highest BCUT2D eigenvalue weighted by Gasteiger charge is 1.95. The van der Waals surface area contributed by atoms with Crippen LogP contribution in [-0.4, -0.2) is 57.2 Å². The summed E-state index contributed by atoms with van der Waals surface area (Å²) in [7, 11) is 0. The maximum absolute atomic E-state index is 5.64. The zero-order valence-electron chi connectivity index (χ0n) is 11.9. The molecule has 18 heavy (non-hydrogen) atoms. The summed E-state index contributed by atoms with van der Waals surface area (Å²) in [5, 5.41) is 0. The van der Waals surface area contributed by atoms with Crippen LogP contribution in [0.2, 0.25) is 0 Å². The molecular weight excluding hydrogens is 250 g/mol. The van der Waals surface area contributed by atoms with Gasteiger partial charge in [0.25, 0.3) is 0 Å². The van der Waals surface area contributed by atoms with E-state index in [2.05, 4.69) is 6.92 Å². The van der Waals surface area contributed by atoms with E-state index in [0.717, 1.165) is 31.1 Å². The standard InChI is InChI=1S/C13H29NO3S/c1-3-4-5-15-6-7-16-8-9-17-10-11-18-12-13(2)14/h13H,3-12,14H2,1-2H3. The molecule has 1 unspecified atom stereocenters. The molecule has 0 radical (unpaired) electrons. The Hall–Kier alpha value is 0.190. The van der Waals surface area contributed by atoms with Crippen molar-refractivity contribution >= 4 is 11.8 Å². The molecule has 2 N–H and O–H groups in total. The van der Waals surface area contributed by atoms with Gasteiger partial charge in [0.1, 0.15) is 0 Å². The van der Waals surface area contributed by atoms with Gasteiger partial charge in [0.2, 0.25) is 0 Å². The first-order chi connectivity index (χ1) is 8.77. The lowest BCUT2D eigenvalue weighted by atomic mass is 10.4. The quantitative estimate of drug-likeness (QED) is 0.492. The number of rotatable bonds is 14. The zero-order valence-corrected chi connectivity index (χ0v) is 12.7. The predicted octanol–water partition coefficient (Wildman–Crippen LogP) is 1.92. The van der Waals surface area contributed by atoms with Crippen molar-refractivity contribution in [3.05, 3.63) is 0 Å². The van der Waals surface area contributed by atoms with Gasteiger partial charge in [-0.2, -0.15) is 11.8 Å². The van der Waals surface area contributed by atoms with Crippen molar-refractivity contribution in [2.75, 3.05) is 51.1 Å². The number of hydrogen-bond donors (Lipinski definition) is 1. The number of nitrogens with two attached hydrogens (primary N) is 1. The van der Waals surface area contributed by atoms with E-state index in [9.17, 15) is 0 Å². The van der Waals surface area contributed by atoms with Crippen molar-refractivity contribution in [2.45, 2.75) is 32.7 Å². The molecule has 0 aliphatic carbocycles. The van der Waals surface area contributed by atoms with Crippen LogP contribution in [0.3, 0.4) is 0 Å². The Bertz CT molecular complexity index is 159. The van der Waals surface area contributed by atoms with Crippen molar-refractivity contribution in [1.29, 1.82) is 0 Å². The molecule has 0 saturated carbocycles. The van der Waals surface area contributed by atoms with E-state index in [0.29, 0.717) is 26.4 Å². The maximum atomic E-state index is 5.64. The highest BCUT2D eigenvalue weighted by atomic mass is 32.2. The average Bonchev–Trinajstić information content (AvgIpc) is 2.34. The minimum absolute atomic E-state index is 0.269. The number of ether oxygens (including phenoxy) is 3. The summed E-state index contributed by atoms with van der Waals surface area (Å²) in [5.74, 6) is 2.00. The molecule has 0 saturated heterocycles. The van der Waals surface area contributed by atoms with Crippen LogP contribution in [0.5, 0.6) is 0 Å². The zero-order chi connectivity index (χ0) is 13.5. The molecule has 0 heterocycles. The Morgan fingerprint density at radius 3 is 2.06 bits per heavy atom. The first-order valence-electron chi connectivity index (χ1n) is 6.84. The molecular formula is C13H29NO3S. The molecule has 0 bridgehead atoms. The van der Waals surface area contributed by atoms with E-state index < -0.39 is 0 Å². The normalized spacial score (nSPS) is 12.8. The fraction of sp³-hybridized carbons (Fsp3) is 1.00. The lowest BCUT2D eigenvalue weighted by Gasteiger charge is -2.07. The molecule has 0 amide bonds. The van der Waals surface area contributed by atoms with Crippen LogP contribution < -0.4 is 5.73 Å². The summed E-state index contributed by atoms with van der Waals surface area (Å²) in [4.78, 5) is 0. The summed E-state index contributed by atoms with van der Waals surface area (Å²) < 4.78 is 16.2. The number of hydrogen-bond acceptors (Lipinski definition) is 5. The molecule has 0 aliphatic rings. The fourth-order valence-corrected chi connectivity index (χ4v) is 1.95. The van der Waals surface area contributed by atoms with Gasteiger partial charge in [0, 0.05) is 24.2 Å². The first-order valence-corrected chi connectivity index (χ1v) is 7.99. The van der Waals surface area contributed by atoms with Crippen LogP contribution in [0.4, 0.5) is 0 Å². The molecule has 5 heteroatoms. The largest absolute Gasteiger partial charge is 0.379 e. The van der Waals surface area contributed by atoms with Gasteiger partial charge in [-0.05, 0) is 13.3 Å². The molecule has 0 rings (SSSR count). The van der Waals surface area contributed by atoms with Gasteiger partial charge >= 0.3 is 0 Å². The van der Waals surface area contributed by atoms with E-state index in [-0.39, 0.29) is 6.04 Å². The van der Waals surface area contributed by atoms with Gasteiger partial charge in [-0.3, -0.25) is 0 Å². The summed E-state index contributed by atoms with van der Waals surface area (Å²) in [6.45, 7) is 8.44. The molecule has 110 valence electrons. The van der Waals surface area contributed by atoms with E-state index in [1.165, 1.54) is 6.42 Å². The van der Waals surface area contributed by atoms with Gasteiger partial charge in [-0.25, -0.2) is 0 Å². The lowest BCUT2D eigenvalue weighted by Crippen LogP contribution is -2.18. The van der Waals surface area contributed by atoms with Gasteiger partial charge in [-0.1, -0.05) is 13.3 Å².